The molecule has 1 aromatic rings. The van der Waals surface area contributed by atoms with Gasteiger partial charge in [-0.3, -0.25) is 0 Å². The number of nitrogens with zero attached hydrogens (tertiary/aromatic N) is 2. The molecule has 0 aromatic carbocycles. The third-order valence-electron chi connectivity index (χ3n) is 1.27. The van der Waals surface area contributed by atoms with Crippen molar-refractivity contribution in [3.05, 3.63) is 17.0 Å². The molecular weight excluding hydrogens is 218 g/mol. The maximum Gasteiger partial charge on any atom is 0.144 e. The molecule has 0 fully saturated rings. The van der Waals surface area contributed by atoms with Crippen molar-refractivity contribution in [3.8, 4) is 12.3 Å². The van der Waals surface area contributed by atoms with Crippen LogP contribution in [0.1, 0.15) is 6.92 Å². The lowest BCUT2D eigenvalue weighted by Crippen LogP contribution is -2.13. The van der Waals surface area contributed by atoms with Crippen molar-refractivity contribution in [2.24, 2.45) is 0 Å². The summed E-state index contributed by atoms with van der Waals surface area (Å²) >= 11 is 3.30. The van der Waals surface area contributed by atoms with Crippen LogP contribution < -0.4 is 5.32 Å². The zero-order valence-electron chi connectivity index (χ0n) is 6.58. The van der Waals surface area contributed by atoms with Crippen LogP contribution in [0.3, 0.4) is 0 Å². The standard InChI is InChI=1S/C8H8BrN3/c1-3-6(2)12-8-7(9)4-10-5-11-8/h1,4-6H,2H3,(H,10,11,12). The van der Waals surface area contributed by atoms with E-state index in [1.165, 1.54) is 6.33 Å². The molecule has 0 aliphatic carbocycles. The molecule has 1 unspecified atom stereocenters. The Bertz CT molecular complexity index is 305. The molecule has 0 aliphatic rings. The molecule has 0 spiro atoms. The summed E-state index contributed by atoms with van der Waals surface area (Å²) in [4.78, 5) is 7.83. The Morgan fingerprint density at radius 3 is 3.08 bits per heavy atom. The van der Waals surface area contributed by atoms with Crippen molar-refractivity contribution in [2.75, 3.05) is 5.32 Å². The van der Waals surface area contributed by atoms with Gasteiger partial charge in [-0.1, -0.05) is 5.92 Å². The van der Waals surface area contributed by atoms with E-state index in [1.54, 1.807) is 6.20 Å². The van der Waals surface area contributed by atoms with Crippen molar-refractivity contribution < 1.29 is 0 Å². The molecule has 1 N–H and O–H groups in total. The summed E-state index contributed by atoms with van der Waals surface area (Å²) in [6.07, 6.45) is 8.33. The highest BCUT2D eigenvalue weighted by atomic mass is 79.9. The Morgan fingerprint density at radius 2 is 2.50 bits per heavy atom. The van der Waals surface area contributed by atoms with Crippen LogP contribution in [0, 0.1) is 12.3 Å². The Balaban J connectivity index is 2.77. The van der Waals surface area contributed by atoms with Gasteiger partial charge in [-0.15, -0.1) is 6.42 Å². The lowest BCUT2D eigenvalue weighted by atomic mass is 10.3. The van der Waals surface area contributed by atoms with Crippen molar-refractivity contribution >= 4 is 21.7 Å². The number of terminal acetylenes is 1. The monoisotopic (exact) mass is 225 g/mol. The Kier molecular flexibility index (Phi) is 3.06. The van der Waals surface area contributed by atoms with Gasteiger partial charge in [-0.25, -0.2) is 9.97 Å². The lowest BCUT2D eigenvalue weighted by Gasteiger charge is -2.08. The van der Waals surface area contributed by atoms with Crippen LogP contribution in [-0.2, 0) is 0 Å². The molecule has 12 heavy (non-hydrogen) atoms. The third-order valence-corrected chi connectivity index (χ3v) is 1.85. The van der Waals surface area contributed by atoms with E-state index in [4.69, 9.17) is 6.42 Å². The number of nitrogens with one attached hydrogen (secondary N) is 1. The third kappa shape index (κ3) is 2.21. The predicted octanol–water partition coefficient (Wildman–Crippen LogP) is 1.67. The average molecular weight is 226 g/mol. The second kappa shape index (κ2) is 4.07. The first kappa shape index (κ1) is 9.01. The van der Waals surface area contributed by atoms with E-state index < -0.39 is 0 Å². The maximum absolute atomic E-state index is 5.20. The Morgan fingerprint density at radius 1 is 1.75 bits per heavy atom. The second-order valence-corrected chi connectivity index (χ2v) is 3.11. The quantitative estimate of drug-likeness (QED) is 0.779. The zero-order valence-corrected chi connectivity index (χ0v) is 8.17. The van der Waals surface area contributed by atoms with E-state index in [9.17, 15) is 0 Å². The van der Waals surface area contributed by atoms with Crippen molar-refractivity contribution in [3.63, 3.8) is 0 Å². The van der Waals surface area contributed by atoms with E-state index in [2.05, 4.69) is 37.1 Å². The van der Waals surface area contributed by atoms with Crippen LogP contribution in [0.25, 0.3) is 0 Å². The maximum atomic E-state index is 5.20. The number of aromatic nitrogens is 2. The summed E-state index contributed by atoms with van der Waals surface area (Å²) < 4.78 is 0.812. The highest BCUT2D eigenvalue weighted by molar-refractivity contribution is 9.10. The fourth-order valence-electron chi connectivity index (χ4n) is 0.666. The number of anilines is 1. The first-order chi connectivity index (χ1) is 5.74. The predicted molar refractivity (Wildman–Crippen MR) is 51.6 cm³/mol. The minimum absolute atomic E-state index is 0.0313. The van der Waals surface area contributed by atoms with Gasteiger partial charge in [0.1, 0.15) is 12.1 Å². The van der Waals surface area contributed by atoms with Crippen LogP contribution in [0.5, 0.6) is 0 Å². The molecule has 62 valence electrons. The molecule has 0 amide bonds. The van der Waals surface area contributed by atoms with Gasteiger partial charge in [0.15, 0.2) is 0 Å². The Hall–Kier alpha value is -1.08. The number of hydrogen-bond donors (Lipinski definition) is 1. The summed E-state index contributed by atoms with van der Waals surface area (Å²) in [6.45, 7) is 1.88. The van der Waals surface area contributed by atoms with Gasteiger partial charge in [0.25, 0.3) is 0 Å². The first-order valence-electron chi connectivity index (χ1n) is 3.42. The van der Waals surface area contributed by atoms with Crippen LogP contribution >= 0.6 is 15.9 Å². The minimum atomic E-state index is -0.0313. The van der Waals surface area contributed by atoms with Crippen LogP contribution in [-0.4, -0.2) is 16.0 Å². The molecular formula is C8H8BrN3. The molecule has 0 saturated heterocycles. The van der Waals surface area contributed by atoms with E-state index in [0.717, 1.165) is 10.3 Å². The van der Waals surface area contributed by atoms with Gasteiger partial charge in [-0.05, 0) is 22.9 Å². The van der Waals surface area contributed by atoms with Gasteiger partial charge in [0.2, 0.25) is 0 Å². The molecule has 1 heterocycles. The molecule has 0 aliphatic heterocycles. The topological polar surface area (TPSA) is 37.8 Å². The summed E-state index contributed by atoms with van der Waals surface area (Å²) in [5.41, 5.74) is 0. The number of hydrogen-bond acceptors (Lipinski definition) is 3. The highest BCUT2D eigenvalue weighted by Crippen LogP contribution is 2.17. The van der Waals surface area contributed by atoms with Gasteiger partial charge in [0.05, 0.1) is 10.5 Å². The summed E-state index contributed by atoms with van der Waals surface area (Å²) in [5, 5.41) is 3.03. The summed E-state index contributed by atoms with van der Waals surface area (Å²) in [7, 11) is 0. The van der Waals surface area contributed by atoms with Gasteiger partial charge in [0, 0.05) is 6.20 Å². The van der Waals surface area contributed by atoms with Crippen molar-refractivity contribution in [1.29, 1.82) is 0 Å². The summed E-state index contributed by atoms with van der Waals surface area (Å²) in [5.74, 6) is 3.27. The van der Waals surface area contributed by atoms with E-state index in [-0.39, 0.29) is 6.04 Å². The molecule has 0 radical (unpaired) electrons. The largest absolute Gasteiger partial charge is 0.356 e. The van der Waals surface area contributed by atoms with Gasteiger partial charge in [-0.2, -0.15) is 0 Å². The van der Waals surface area contributed by atoms with Crippen molar-refractivity contribution in [2.45, 2.75) is 13.0 Å². The molecule has 0 bridgehead atoms. The fourth-order valence-corrected chi connectivity index (χ4v) is 1.00. The van der Waals surface area contributed by atoms with Gasteiger partial charge < -0.3 is 5.32 Å². The second-order valence-electron chi connectivity index (χ2n) is 2.25. The highest BCUT2D eigenvalue weighted by Gasteiger charge is 2.02. The normalized spacial score (nSPS) is 11.8. The first-order valence-corrected chi connectivity index (χ1v) is 4.21. The lowest BCUT2D eigenvalue weighted by molar-refractivity contribution is 0.998. The molecule has 1 aromatic heterocycles. The van der Waals surface area contributed by atoms with E-state index in [1.807, 2.05) is 6.92 Å². The molecule has 3 nitrogen and oxygen atoms in total. The molecule has 0 saturated carbocycles. The molecule has 1 atom stereocenters. The SMILES string of the molecule is C#CC(C)Nc1ncncc1Br. The smallest absolute Gasteiger partial charge is 0.144 e. The number of rotatable bonds is 2. The van der Waals surface area contributed by atoms with Crippen LogP contribution in [0.15, 0.2) is 17.0 Å². The summed E-state index contributed by atoms with van der Waals surface area (Å²) in [6, 6.07) is -0.0313. The number of halogens is 1. The Labute approximate surface area is 79.7 Å². The van der Waals surface area contributed by atoms with E-state index >= 15 is 0 Å². The zero-order chi connectivity index (χ0) is 8.97. The molecule has 4 heteroatoms. The fraction of sp³-hybridized carbons (Fsp3) is 0.250. The van der Waals surface area contributed by atoms with Gasteiger partial charge >= 0.3 is 0 Å². The van der Waals surface area contributed by atoms with Crippen LogP contribution in [0.2, 0.25) is 0 Å². The minimum Gasteiger partial charge on any atom is -0.356 e. The molecule has 1 rings (SSSR count). The van der Waals surface area contributed by atoms with E-state index in [0.29, 0.717) is 0 Å². The average Bonchev–Trinajstić information content (AvgIpc) is 2.09. The van der Waals surface area contributed by atoms with Crippen molar-refractivity contribution in [1.82, 2.24) is 9.97 Å². The van der Waals surface area contributed by atoms with Crippen LogP contribution in [0.4, 0.5) is 5.82 Å².